The topological polar surface area (TPSA) is 38.3 Å². The van der Waals surface area contributed by atoms with E-state index in [0.717, 1.165) is 23.3 Å². The van der Waals surface area contributed by atoms with Gasteiger partial charge in [-0.15, -0.1) is 0 Å². The Bertz CT molecular complexity index is 798. The van der Waals surface area contributed by atoms with Crippen LogP contribution in [-0.4, -0.2) is 19.1 Å². The number of allylic oxidation sites excluding steroid dienone is 1. The van der Waals surface area contributed by atoms with Gasteiger partial charge in [0.05, 0.1) is 5.92 Å². The maximum absolute atomic E-state index is 13.2. The van der Waals surface area contributed by atoms with E-state index in [1.54, 1.807) is 12.1 Å². The van der Waals surface area contributed by atoms with Gasteiger partial charge in [-0.05, 0) is 48.2 Å². The highest BCUT2D eigenvalue weighted by Gasteiger charge is 2.38. The minimum Gasteiger partial charge on any atom is -0.490 e. The van der Waals surface area contributed by atoms with E-state index in [-0.39, 0.29) is 23.1 Å². The highest BCUT2D eigenvalue weighted by Crippen LogP contribution is 2.38. The van der Waals surface area contributed by atoms with Crippen molar-refractivity contribution >= 4 is 5.91 Å². The number of ether oxygens (including phenoxy) is 1. The zero-order chi connectivity index (χ0) is 19.3. The number of carbonyl (C=O) groups excluding carboxylic acids is 1. The van der Waals surface area contributed by atoms with Crippen molar-refractivity contribution in [3.63, 3.8) is 0 Å². The summed E-state index contributed by atoms with van der Waals surface area (Å²) in [6, 6.07) is 14.3. The second kappa shape index (κ2) is 8.38. The molecule has 1 aliphatic heterocycles. The van der Waals surface area contributed by atoms with Crippen molar-refractivity contribution < 1.29 is 13.9 Å². The molecule has 1 heterocycles. The van der Waals surface area contributed by atoms with Crippen LogP contribution in [0.5, 0.6) is 5.75 Å². The van der Waals surface area contributed by atoms with Crippen molar-refractivity contribution in [2.24, 2.45) is 0 Å². The quantitative estimate of drug-likeness (QED) is 0.750. The van der Waals surface area contributed by atoms with Crippen LogP contribution in [0.15, 0.2) is 60.7 Å². The second-order valence-electron chi connectivity index (χ2n) is 7.30. The lowest BCUT2D eigenvalue weighted by molar-refractivity contribution is -0.125. The molecule has 0 aliphatic carbocycles. The van der Waals surface area contributed by atoms with Crippen molar-refractivity contribution in [3.8, 4) is 5.75 Å². The maximum atomic E-state index is 13.2. The van der Waals surface area contributed by atoms with Crippen LogP contribution in [0.1, 0.15) is 43.7 Å². The summed E-state index contributed by atoms with van der Waals surface area (Å²) in [5.41, 5.74) is 1.82. The first-order valence-electron chi connectivity index (χ1n) is 9.43. The molecule has 0 spiro atoms. The Morgan fingerprint density at radius 2 is 1.85 bits per heavy atom. The summed E-state index contributed by atoms with van der Waals surface area (Å²) in [7, 11) is 0. The molecule has 3 nitrogen and oxygen atoms in total. The fraction of sp³-hybridized carbons (Fsp3) is 0.348. The van der Waals surface area contributed by atoms with E-state index in [1.807, 2.05) is 18.2 Å². The van der Waals surface area contributed by atoms with Crippen molar-refractivity contribution in [1.82, 2.24) is 5.32 Å². The van der Waals surface area contributed by atoms with Gasteiger partial charge in [0, 0.05) is 12.0 Å². The number of halogens is 1. The summed E-state index contributed by atoms with van der Waals surface area (Å²) < 4.78 is 18.9. The van der Waals surface area contributed by atoms with Gasteiger partial charge < -0.3 is 10.1 Å². The van der Waals surface area contributed by atoms with E-state index in [9.17, 15) is 9.18 Å². The van der Waals surface area contributed by atoms with Gasteiger partial charge in [-0.25, -0.2) is 4.39 Å². The summed E-state index contributed by atoms with van der Waals surface area (Å²) in [6.45, 7) is 5.40. The molecule has 0 aromatic heterocycles. The van der Waals surface area contributed by atoms with Gasteiger partial charge in [-0.3, -0.25) is 4.79 Å². The molecule has 3 rings (SSSR count). The molecule has 27 heavy (non-hydrogen) atoms. The molecule has 0 saturated carbocycles. The number of amides is 1. The van der Waals surface area contributed by atoms with E-state index >= 15 is 0 Å². The Hall–Kier alpha value is -2.62. The van der Waals surface area contributed by atoms with Gasteiger partial charge in [0.25, 0.3) is 0 Å². The van der Waals surface area contributed by atoms with Gasteiger partial charge in [0.2, 0.25) is 5.91 Å². The molecule has 142 valence electrons. The Morgan fingerprint density at radius 1 is 1.15 bits per heavy atom. The summed E-state index contributed by atoms with van der Waals surface area (Å²) in [4.78, 5) is 12.4. The Morgan fingerprint density at radius 3 is 2.52 bits per heavy atom. The molecule has 1 saturated heterocycles. The molecule has 2 aromatic rings. The van der Waals surface area contributed by atoms with E-state index < -0.39 is 0 Å². The number of piperidine rings is 1. The number of rotatable bonds is 6. The number of carbonyl (C=O) groups is 1. The van der Waals surface area contributed by atoms with Crippen molar-refractivity contribution in [2.75, 3.05) is 13.2 Å². The first-order valence-corrected chi connectivity index (χ1v) is 9.43. The van der Waals surface area contributed by atoms with Gasteiger partial charge >= 0.3 is 0 Å². The standard InChI is InChI=1S/C23H26FNO2/c1-3-4-5-14-27-20-12-8-18(9-13-20)23(2)15-21(22(26)25-16-23)17-6-10-19(24)11-7-17/h4-13,21H,3,14-16H2,1-2H3,(H,25,26)/b5-4-. The van der Waals surface area contributed by atoms with Crippen LogP contribution in [0.2, 0.25) is 0 Å². The van der Waals surface area contributed by atoms with Gasteiger partial charge in [0.15, 0.2) is 0 Å². The third kappa shape index (κ3) is 4.57. The zero-order valence-electron chi connectivity index (χ0n) is 15.9. The minimum absolute atomic E-state index is 0.00162. The van der Waals surface area contributed by atoms with Crippen LogP contribution in [0.3, 0.4) is 0 Å². The maximum Gasteiger partial charge on any atom is 0.227 e. The molecular weight excluding hydrogens is 341 g/mol. The van der Waals surface area contributed by atoms with E-state index in [1.165, 1.54) is 12.1 Å². The van der Waals surface area contributed by atoms with Crippen molar-refractivity contribution in [2.45, 2.75) is 38.0 Å². The minimum atomic E-state index is -0.290. The lowest BCUT2D eigenvalue weighted by Crippen LogP contribution is -2.48. The normalized spacial score (nSPS) is 22.6. The summed E-state index contributed by atoms with van der Waals surface area (Å²) >= 11 is 0. The monoisotopic (exact) mass is 367 g/mol. The molecule has 1 amide bonds. The first kappa shape index (κ1) is 19.2. The van der Waals surface area contributed by atoms with Gasteiger partial charge in [-0.1, -0.05) is 50.3 Å². The zero-order valence-corrected chi connectivity index (χ0v) is 15.9. The highest BCUT2D eigenvalue weighted by molar-refractivity contribution is 5.85. The van der Waals surface area contributed by atoms with E-state index in [4.69, 9.17) is 4.74 Å². The number of hydrogen-bond acceptors (Lipinski definition) is 2. The fourth-order valence-corrected chi connectivity index (χ4v) is 3.54. The largest absolute Gasteiger partial charge is 0.490 e. The van der Waals surface area contributed by atoms with Crippen LogP contribution in [0, 0.1) is 5.82 Å². The summed E-state index contributed by atoms with van der Waals surface area (Å²) in [5, 5.41) is 3.02. The van der Waals surface area contributed by atoms with Crippen LogP contribution in [0.25, 0.3) is 0 Å². The molecule has 0 radical (unpaired) electrons. The van der Waals surface area contributed by atoms with Crippen LogP contribution < -0.4 is 10.1 Å². The van der Waals surface area contributed by atoms with Crippen molar-refractivity contribution in [1.29, 1.82) is 0 Å². The average molecular weight is 367 g/mol. The third-order valence-corrected chi connectivity index (χ3v) is 5.20. The van der Waals surface area contributed by atoms with Crippen LogP contribution in [0.4, 0.5) is 4.39 Å². The molecule has 2 atom stereocenters. The van der Waals surface area contributed by atoms with Crippen LogP contribution >= 0.6 is 0 Å². The molecule has 2 unspecified atom stereocenters. The van der Waals surface area contributed by atoms with Crippen LogP contribution in [-0.2, 0) is 10.2 Å². The van der Waals surface area contributed by atoms with Gasteiger partial charge in [-0.2, -0.15) is 0 Å². The molecule has 1 aliphatic rings. The summed E-state index contributed by atoms with van der Waals surface area (Å²) in [6.07, 6.45) is 5.78. The third-order valence-electron chi connectivity index (χ3n) is 5.20. The predicted molar refractivity (Wildman–Crippen MR) is 105 cm³/mol. The lowest BCUT2D eigenvalue weighted by atomic mass is 9.71. The molecule has 1 N–H and O–H groups in total. The number of nitrogens with one attached hydrogen (secondary N) is 1. The molecule has 0 bridgehead atoms. The Balaban J connectivity index is 1.74. The average Bonchev–Trinajstić information content (AvgIpc) is 2.68. The molecule has 4 heteroatoms. The first-order chi connectivity index (χ1) is 13.0. The summed E-state index contributed by atoms with van der Waals surface area (Å²) in [5.74, 6) is 0.265. The molecule has 2 aromatic carbocycles. The van der Waals surface area contributed by atoms with Gasteiger partial charge in [0.1, 0.15) is 18.2 Å². The number of hydrogen-bond donors (Lipinski definition) is 1. The Labute approximate surface area is 160 Å². The fourth-order valence-electron chi connectivity index (χ4n) is 3.54. The Kier molecular flexibility index (Phi) is 5.94. The highest BCUT2D eigenvalue weighted by atomic mass is 19.1. The van der Waals surface area contributed by atoms with E-state index in [2.05, 4.69) is 37.4 Å². The smallest absolute Gasteiger partial charge is 0.227 e. The molecular formula is C23H26FNO2. The van der Waals surface area contributed by atoms with E-state index in [0.29, 0.717) is 19.6 Å². The SMILES string of the molecule is CC/C=C\COc1ccc(C2(C)CNC(=O)C(c3ccc(F)cc3)C2)cc1. The molecule has 1 fully saturated rings. The second-order valence-corrected chi connectivity index (χ2v) is 7.30. The van der Waals surface area contributed by atoms with Crippen molar-refractivity contribution in [3.05, 3.63) is 77.6 Å². The predicted octanol–water partition coefficient (Wildman–Crippen LogP) is 4.73. The number of benzene rings is 2. The lowest BCUT2D eigenvalue weighted by Gasteiger charge is -2.38.